The van der Waals surface area contributed by atoms with Crippen molar-refractivity contribution in [2.75, 3.05) is 0 Å². The topological polar surface area (TPSA) is 27.1 Å². The summed E-state index contributed by atoms with van der Waals surface area (Å²) >= 11 is 0. The Labute approximate surface area is 112 Å². The Kier molecular flexibility index (Phi) is 3.28. The van der Waals surface area contributed by atoms with Gasteiger partial charge in [0.25, 0.3) is 0 Å². The molecule has 0 atom stereocenters. The van der Waals surface area contributed by atoms with Crippen LogP contribution in [-0.2, 0) is 6.54 Å². The molecule has 0 amide bonds. The summed E-state index contributed by atoms with van der Waals surface area (Å²) in [6.07, 6.45) is 3.73. The first kappa shape index (κ1) is 11.5. The van der Waals surface area contributed by atoms with E-state index in [1.54, 1.807) is 6.20 Å². The van der Waals surface area contributed by atoms with Crippen molar-refractivity contribution < 1.29 is 4.74 Å². The fraction of sp³-hybridized carbons (Fsp3) is 0.0625. The normalized spacial score (nSPS) is 10.3. The van der Waals surface area contributed by atoms with Crippen LogP contribution >= 0.6 is 0 Å². The Balaban J connectivity index is 1.76. The van der Waals surface area contributed by atoms with Crippen LogP contribution in [0, 0.1) is 0 Å². The predicted molar refractivity (Wildman–Crippen MR) is 74.3 cm³/mol. The van der Waals surface area contributed by atoms with E-state index < -0.39 is 0 Å². The molecule has 0 aliphatic heterocycles. The van der Waals surface area contributed by atoms with Crippen LogP contribution in [0.25, 0.3) is 0 Å². The minimum atomic E-state index is 0.749. The van der Waals surface area contributed by atoms with Gasteiger partial charge >= 0.3 is 0 Å². The molecular weight excluding hydrogens is 236 g/mol. The minimum Gasteiger partial charge on any atom is -0.457 e. The van der Waals surface area contributed by atoms with Crippen LogP contribution < -0.4 is 4.74 Å². The van der Waals surface area contributed by atoms with Crippen molar-refractivity contribution in [3.63, 3.8) is 0 Å². The van der Waals surface area contributed by atoms with Crippen LogP contribution in [0.3, 0.4) is 0 Å². The monoisotopic (exact) mass is 250 g/mol. The van der Waals surface area contributed by atoms with Gasteiger partial charge in [-0.2, -0.15) is 5.10 Å². The molecule has 0 fully saturated rings. The van der Waals surface area contributed by atoms with Gasteiger partial charge in [0.2, 0.25) is 0 Å². The lowest BCUT2D eigenvalue weighted by atomic mass is 10.2. The summed E-state index contributed by atoms with van der Waals surface area (Å²) in [7, 11) is 0. The molecule has 0 unspecified atom stereocenters. The zero-order valence-corrected chi connectivity index (χ0v) is 10.4. The van der Waals surface area contributed by atoms with Crippen molar-refractivity contribution in [1.29, 1.82) is 0 Å². The van der Waals surface area contributed by atoms with Crippen LogP contribution in [0.4, 0.5) is 0 Å². The first-order valence-electron chi connectivity index (χ1n) is 6.19. The van der Waals surface area contributed by atoms with E-state index in [1.165, 1.54) is 0 Å². The Bertz CT molecular complexity index is 633. The zero-order valence-electron chi connectivity index (χ0n) is 10.4. The molecule has 0 N–H and O–H groups in total. The van der Waals surface area contributed by atoms with Crippen LogP contribution in [0.15, 0.2) is 73.1 Å². The van der Waals surface area contributed by atoms with Crippen molar-refractivity contribution in [3.8, 4) is 11.5 Å². The molecule has 3 aromatic rings. The minimum absolute atomic E-state index is 0.749. The fourth-order valence-electron chi connectivity index (χ4n) is 1.91. The number of aromatic nitrogens is 2. The van der Waals surface area contributed by atoms with Gasteiger partial charge in [0, 0.05) is 12.4 Å². The van der Waals surface area contributed by atoms with E-state index in [0.29, 0.717) is 0 Å². The summed E-state index contributed by atoms with van der Waals surface area (Å²) in [4.78, 5) is 0. The predicted octanol–water partition coefficient (Wildman–Crippen LogP) is 3.72. The van der Waals surface area contributed by atoms with Gasteiger partial charge in [-0.05, 0) is 35.9 Å². The average Bonchev–Trinajstić information content (AvgIpc) is 2.93. The molecule has 0 saturated carbocycles. The lowest BCUT2D eigenvalue weighted by Gasteiger charge is -2.07. The van der Waals surface area contributed by atoms with Gasteiger partial charge in [0.15, 0.2) is 0 Å². The van der Waals surface area contributed by atoms with E-state index in [0.717, 1.165) is 23.6 Å². The number of hydrogen-bond donors (Lipinski definition) is 0. The van der Waals surface area contributed by atoms with E-state index in [4.69, 9.17) is 4.74 Å². The third-order valence-electron chi connectivity index (χ3n) is 2.78. The van der Waals surface area contributed by atoms with Gasteiger partial charge in [0.1, 0.15) is 11.5 Å². The van der Waals surface area contributed by atoms with Gasteiger partial charge in [-0.15, -0.1) is 0 Å². The van der Waals surface area contributed by atoms with E-state index in [-0.39, 0.29) is 0 Å². The Morgan fingerprint density at radius 2 is 1.74 bits per heavy atom. The maximum absolute atomic E-state index is 5.81. The van der Waals surface area contributed by atoms with Gasteiger partial charge in [0.05, 0.1) is 6.54 Å². The molecule has 0 bridgehead atoms. The van der Waals surface area contributed by atoms with Crippen molar-refractivity contribution in [2.24, 2.45) is 0 Å². The van der Waals surface area contributed by atoms with Gasteiger partial charge in [-0.1, -0.05) is 30.3 Å². The molecule has 0 spiro atoms. The maximum Gasteiger partial charge on any atom is 0.127 e. The Morgan fingerprint density at radius 3 is 2.53 bits per heavy atom. The second-order valence-electron chi connectivity index (χ2n) is 4.27. The smallest absolute Gasteiger partial charge is 0.127 e. The van der Waals surface area contributed by atoms with Crippen molar-refractivity contribution in [1.82, 2.24) is 9.78 Å². The molecule has 94 valence electrons. The van der Waals surface area contributed by atoms with Gasteiger partial charge in [-0.25, -0.2) is 0 Å². The van der Waals surface area contributed by atoms with Crippen LogP contribution in [0.2, 0.25) is 0 Å². The number of para-hydroxylation sites is 1. The van der Waals surface area contributed by atoms with E-state index in [2.05, 4.69) is 11.2 Å². The molecular formula is C16H14N2O. The first-order valence-corrected chi connectivity index (χ1v) is 6.19. The third-order valence-corrected chi connectivity index (χ3v) is 2.78. The molecule has 2 aromatic carbocycles. The van der Waals surface area contributed by atoms with E-state index in [1.807, 2.05) is 65.5 Å². The highest BCUT2D eigenvalue weighted by atomic mass is 16.5. The Hall–Kier alpha value is -2.55. The third kappa shape index (κ3) is 3.01. The quantitative estimate of drug-likeness (QED) is 0.705. The largest absolute Gasteiger partial charge is 0.457 e. The molecule has 0 radical (unpaired) electrons. The highest BCUT2D eigenvalue weighted by Gasteiger charge is 2.00. The summed E-state index contributed by atoms with van der Waals surface area (Å²) in [6, 6.07) is 19.8. The molecule has 0 aliphatic rings. The molecule has 1 aromatic heterocycles. The number of nitrogens with zero attached hydrogens (tertiary/aromatic N) is 2. The summed E-state index contributed by atoms with van der Waals surface area (Å²) < 4.78 is 7.70. The van der Waals surface area contributed by atoms with Crippen LogP contribution in [-0.4, -0.2) is 9.78 Å². The standard InChI is InChI=1S/C16H14N2O/c1-2-7-15(8-3-1)19-16-9-4-6-14(12-16)13-18-11-5-10-17-18/h1-12H,13H2. The first-order chi connectivity index (χ1) is 9.40. The summed E-state index contributed by atoms with van der Waals surface area (Å²) in [5.41, 5.74) is 1.16. The maximum atomic E-state index is 5.81. The summed E-state index contributed by atoms with van der Waals surface area (Å²) in [6.45, 7) is 0.749. The van der Waals surface area contributed by atoms with E-state index >= 15 is 0 Å². The number of rotatable bonds is 4. The lowest BCUT2D eigenvalue weighted by molar-refractivity contribution is 0.481. The number of benzene rings is 2. The van der Waals surface area contributed by atoms with E-state index in [9.17, 15) is 0 Å². The second kappa shape index (κ2) is 5.40. The zero-order chi connectivity index (χ0) is 12.9. The SMILES string of the molecule is c1ccc(Oc2cccc(Cn3cccn3)c2)cc1. The molecule has 0 aliphatic carbocycles. The fourth-order valence-corrected chi connectivity index (χ4v) is 1.91. The molecule has 3 rings (SSSR count). The average molecular weight is 250 g/mol. The molecule has 19 heavy (non-hydrogen) atoms. The molecule has 1 heterocycles. The van der Waals surface area contributed by atoms with Gasteiger partial charge in [-0.3, -0.25) is 4.68 Å². The lowest BCUT2D eigenvalue weighted by Crippen LogP contribution is -1.99. The van der Waals surface area contributed by atoms with Crippen LogP contribution in [0.1, 0.15) is 5.56 Å². The second-order valence-corrected chi connectivity index (χ2v) is 4.27. The highest BCUT2D eigenvalue weighted by molar-refractivity contribution is 5.33. The number of hydrogen-bond acceptors (Lipinski definition) is 2. The highest BCUT2D eigenvalue weighted by Crippen LogP contribution is 2.21. The molecule has 3 nitrogen and oxygen atoms in total. The summed E-state index contributed by atoms with van der Waals surface area (Å²) in [5.74, 6) is 1.69. The van der Waals surface area contributed by atoms with Crippen LogP contribution in [0.5, 0.6) is 11.5 Å². The Morgan fingerprint density at radius 1 is 0.895 bits per heavy atom. The van der Waals surface area contributed by atoms with Crippen molar-refractivity contribution in [3.05, 3.63) is 78.6 Å². The van der Waals surface area contributed by atoms with Crippen molar-refractivity contribution >= 4 is 0 Å². The number of ether oxygens (including phenoxy) is 1. The van der Waals surface area contributed by atoms with Crippen molar-refractivity contribution in [2.45, 2.75) is 6.54 Å². The molecule has 3 heteroatoms. The molecule has 0 saturated heterocycles. The van der Waals surface area contributed by atoms with Gasteiger partial charge < -0.3 is 4.74 Å². The summed E-state index contributed by atoms with van der Waals surface area (Å²) in [5, 5.41) is 4.20.